The van der Waals surface area contributed by atoms with Gasteiger partial charge in [-0.2, -0.15) is 0 Å². The molecular formula is C13H20BrN3O. The van der Waals surface area contributed by atoms with Crippen molar-refractivity contribution in [2.24, 2.45) is 0 Å². The smallest absolute Gasteiger partial charge is 0.251 e. The highest BCUT2D eigenvalue weighted by molar-refractivity contribution is 9.10. The van der Waals surface area contributed by atoms with Crippen LogP contribution in [0.1, 0.15) is 23.7 Å². The first kappa shape index (κ1) is 15.0. The minimum atomic E-state index is -0.0676. The van der Waals surface area contributed by atoms with Gasteiger partial charge in [0.2, 0.25) is 0 Å². The Hall–Kier alpha value is -1.07. The van der Waals surface area contributed by atoms with Gasteiger partial charge in [0.05, 0.1) is 0 Å². The molecule has 1 aromatic carbocycles. The van der Waals surface area contributed by atoms with Crippen molar-refractivity contribution in [1.82, 2.24) is 10.2 Å². The van der Waals surface area contributed by atoms with Crippen molar-refractivity contribution in [3.05, 3.63) is 28.2 Å². The Balaban J connectivity index is 2.56. The number of anilines is 1. The van der Waals surface area contributed by atoms with Crippen LogP contribution < -0.4 is 11.1 Å². The predicted molar refractivity (Wildman–Crippen MR) is 78.7 cm³/mol. The molecule has 0 aliphatic heterocycles. The number of hydrogen-bond donors (Lipinski definition) is 2. The molecule has 1 unspecified atom stereocenters. The highest BCUT2D eigenvalue weighted by atomic mass is 79.9. The molecular weight excluding hydrogens is 294 g/mol. The van der Waals surface area contributed by atoms with E-state index in [1.54, 1.807) is 18.2 Å². The molecule has 0 aromatic heterocycles. The van der Waals surface area contributed by atoms with Crippen molar-refractivity contribution in [1.29, 1.82) is 0 Å². The molecule has 0 fully saturated rings. The second kappa shape index (κ2) is 6.75. The maximum absolute atomic E-state index is 12.0. The minimum Gasteiger partial charge on any atom is -0.398 e. The lowest BCUT2D eigenvalue weighted by atomic mass is 10.1. The average Bonchev–Trinajstić information content (AvgIpc) is 2.30. The molecule has 0 spiro atoms. The summed E-state index contributed by atoms with van der Waals surface area (Å²) in [7, 11) is 4.04. The first-order chi connectivity index (χ1) is 8.40. The van der Waals surface area contributed by atoms with E-state index in [1.807, 2.05) is 21.0 Å². The Morgan fingerprint density at radius 2 is 2.17 bits per heavy atom. The van der Waals surface area contributed by atoms with E-state index >= 15 is 0 Å². The zero-order chi connectivity index (χ0) is 13.7. The molecule has 1 aromatic rings. The Labute approximate surface area is 117 Å². The maximum Gasteiger partial charge on any atom is 0.251 e. The summed E-state index contributed by atoms with van der Waals surface area (Å²) in [5.41, 5.74) is 6.94. The minimum absolute atomic E-state index is 0.0676. The zero-order valence-electron chi connectivity index (χ0n) is 11.0. The number of rotatable bonds is 5. The quantitative estimate of drug-likeness (QED) is 0.818. The first-order valence-electron chi connectivity index (χ1n) is 5.90. The summed E-state index contributed by atoms with van der Waals surface area (Å²) in [5, 5.41) is 2.97. The Morgan fingerprint density at radius 3 is 2.72 bits per heavy atom. The number of hydrogen-bond acceptors (Lipinski definition) is 3. The van der Waals surface area contributed by atoms with E-state index in [1.165, 1.54) is 0 Å². The van der Waals surface area contributed by atoms with E-state index in [2.05, 4.69) is 26.1 Å². The number of carbonyl (C=O) groups is 1. The number of nitrogens with zero attached hydrogens (tertiary/aromatic N) is 1. The lowest BCUT2D eigenvalue weighted by Gasteiger charge is -2.16. The summed E-state index contributed by atoms with van der Waals surface area (Å²) >= 11 is 3.32. The lowest BCUT2D eigenvalue weighted by Crippen LogP contribution is -2.34. The van der Waals surface area contributed by atoms with Gasteiger partial charge in [0, 0.05) is 21.8 Å². The molecule has 100 valence electrons. The van der Waals surface area contributed by atoms with Gasteiger partial charge in [-0.25, -0.2) is 0 Å². The van der Waals surface area contributed by atoms with Gasteiger partial charge < -0.3 is 16.0 Å². The van der Waals surface area contributed by atoms with E-state index in [9.17, 15) is 4.79 Å². The van der Waals surface area contributed by atoms with E-state index in [-0.39, 0.29) is 11.9 Å². The molecule has 0 saturated carbocycles. The Kier molecular flexibility index (Phi) is 5.62. The van der Waals surface area contributed by atoms with Crippen LogP contribution in [0.15, 0.2) is 22.7 Å². The van der Waals surface area contributed by atoms with Crippen LogP contribution >= 0.6 is 15.9 Å². The number of benzene rings is 1. The third-order valence-corrected chi connectivity index (χ3v) is 3.34. The topological polar surface area (TPSA) is 58.4 Å². The normalized spacial score (nSPS) is 12.5. The van der Waals surface area contributed by atoms with Gasteiger partial charge >= 0.3 is 0 Å². The SMILES string of the molecule is CC(CCN(C)C)NC(=O)c1ccc(N)c(Br)c1. The van der Waals surface area contributed by atoms with Crippen molar-refractivity contribution < 1.29 is 4.79 Å². The van der Waals surface area contributed by atoms with Crippen LogP contribution in [0, 0.1) is 0 Å². The molecule has 0 radical (unpaired) electrons. The third-order valence-electron chi connectivity index (χ3n) is 2.65. The Morgan fingerprint density at radius 1 is 1.50 bits per heavy atom. The van der Waals surface area contributed by atoms with Crippen molar-refractivity contribution in [2.45, 2.75) is 19.4 Å². The molecule has 1 atom stereocenters. The van der Waals surface area contributed by atoms with Crippen LogP contribution in [0.5, 0.6) is 0 Å². The second-order valence-corrected chi connectivity index (χ2v) is 5.56. The fourth-order valence-corrected chi connectivity index (χ4v) is 1.88. The number of halogens is 1. The van der Waals surface area contributed by atoms with Gasteiger partial charge in [-0.3, -0.25) is 4.79 Å². The zero-order valence-corrected chi connectivity index (χ0v) is 12.6. The molecule has 0 heterocycles. The van der Waals surface area contributed by atoms with Crippen molar-refractivity contribution in [2.75, 3.05) is 26.4 Å². The number of carbonyl (C=O) groups excluding carboxylic acids is 1. The molecule has 1 amide bonds. The summed E-state index contributed by atoms with van der Waals surface area (Å²) in [6.07, 6.45) is 0.925. The van der Waals surface area contributed by atoms with Crippen molar-refractivity contribution >= 4 is 27.5 Å². The largest absolute Gasteiger partial charge is 0.398 e. The highest BCUT2D eigenvalue weighted by Crippen LogP contribution is 2.20. The molecule has 0 aliphatic carbocycles. The van der Waals surface area contributed by atoms with Crippen LogP contribution in [0.2, 0.25) is 0 Å². The first-order valence-corrected chi connectivity index (χ1v) is 6.70. The Bertz CT molecular complexity index is 421. The number of nitrogens with one attached hydrogen (secondary N) is 1. The lowest BCUT2D eigenvalue weighted by molar-refractivity contribution is 0.0936. The average molecular weight is 314 g/mol. The van der Waals surface area contributed by atoms with Gasteiger partial charge in [0.15, 0.2) is 0 Å². The monoisotopic (exact) mass is 313 g/mol. The molecule has 1 rings (SSSR count). The van der Waals surface area contributed by atoms with Gasteiger partial charge in [-0.05, 0) is 68.1 Å². The van der Waals surface area contributed by atoms with Gasteiger partial charge in [-0.15, -0.1) is 0 Å². The highest BCUT2D eigenvalue weighted by Gasteiger charge is 2.11. The van der Waals surface area contributed by atoms with Crippen LogP contribution in [-0.4, -0.2) is 37.5 Å². The fourth-order valence-electron chi connectivity index (χ4n) is 1.50. The predicted octanol–water partition coefficient (Wildman–Crippen LogP) is 2.10. The molecule has 18 heavy (non-hydrogen) atoms. The summed E-state index contributed by atoms with van der Waals surface area (Å²) in [4.78, 5) is 14.1. The van der Waals surface area contributed by atoms with E-state index < -0.39 is 0 Å². The van der Waals surface area contributed by atoms with Crippen LogP contribution in [-0.2, 0) is 0 Å². The van der Waals surface area contributed by atoms with Crippen molar-refractivity contribution in [3.8, 4) is 0 Å². The number of nitrogen functional groups attached to an aromatic ring is 1. The second-order valence-electron chi connectivity index (χ2n) is 4.70. The standard InChI is InChI=1S/C13H20BrN3O/c1-9(6-7-17(2)3)16-13(18)10-4-5-12(15)11(14)8-10/h4-5,8-9H,6-7,15H2,1-3H3,(H,16,18). The van der Waals surface area contributed by atoms with Gasteiger partial charge in [0.25, 0.3) is 5.91 Å². The number of nitrogens with two attached hydrogens (primary N) is 1. The summed E-state index contributed by atoms with van der Waals surface area (Å²) < 4.78 is 0.746. The van der Waals surface area contributed by atoms with Crippen LogP contribution in [0.3, 0.4) is 0 Å². The maximum atomic E-state index is 12.0. The summed E-state index contributed by atoms with van der Waals surface area (Å²) in [5.74, 6) is -0.0676. The number of amides is 1. The molecule has 4 nitrogen and oxygen atoms in total. The fraction of sp³-hybridized carbons (Fsp3) is 0.462. The van der Waals surface area contributed by atoms with Crippen LogP contribution in [0.4, 0.5) is 5.69 Å². The summed E-state index contributed by atoms with van der Waals surface area (Å²) in [6.45, 7) is 2.96. The third kappa shape index (κ3) is 4.66. The molecule has 3 N–H and O–H groups in total. The molecule has 5 heteroatoms. The molecule has 0 bridgehead atoms. The van der Waals surface area contributed by atoms with E-state index in [0.29, 0.717) is 11.3 Å². The van der Waals surface area contributed by atoms with E-state index in [0.717, 1.165) is 17.4 Å². The van der Waals surface area contributed by atoms with Gasteiger partial charge in [-0.1, -0.05) is 0 Å². The van der Waals surface area contributed by atoms with Crippen LogP contribution in [0.25, 0.3) is 0 Å². The summed E-state index contributed by atoms with van der Waals surface area (Å²) in [6, 6.07) is 5.34. The van der Waals surface area contributed by atoms with Gasteiger partial charge in [0.1, 0.15) is 0 Å². The van der Waals surface area contributed by atoms with E-state index in [4.69, 9.17) is 5.73 Å². The van der Waals surface area contributed by atoms with Crippen molar-refractivity contribution in [3.63, 3.8) is 0 Å². The molecule has 0 saturated heterocycles. The molecule has 0 aliphatic rings.